The van der Waals surface area contributed by atoms with Gasteiger partial charge in [0.2, 0.25) is 0 Å². The average Bonchev–Trinajstić information content (AvgIpc) is 2.91. The predicted molar refractivity (Wildman–Crippen MR) is 136 cm³/mol. The first-order chi connectivity index (χ1) is 17.1. The third-order valence-corrected chi connectivity index (χ3v) is 7.07. The lowest BCUT2D eigenvalue weighted by Gasteiger charge is -2.50. The van der Waals surface area contributed by atoms with Crippen molar-refractivity contribution in [2.24, 2.45) is 5.92 Å². The van der Waals surface area contributed by atoms with Crippen LogP contribution in [0, 0.1) is 5.92 Å². The Morgan fingerprint density at radius 3 is 1.74 bits per heavy atom. The number of aromatic amines is 1. The number of H-pyrrole nitrogens is 1. The van der Waals surface area contributed by atoms with Gasteiger partial charge in [-0.1, -0.05) is 91.0 Å². The summed E-state index contributed by atoms with van der Waals surface area (Å²) in [5.74, 6) is -0.0388. The molecule has 1 fully saturated rings. The average molecular weight is 468 g/mol. The van der Waals surface area contributed by atoms with Crippen molar-refractivity contribution in [2.45, 2.75) is 18.0 Å². The number of piperidine rings is 1. The molecule has 0 saturated carbocycles. The van der Waals surface area contributed by atoms with Gasteiger partial charge in [-0.05, 0) is 29.0 Å². The molecular formula is C29H29N3O3. The molecule has 0 radical (unpaired) electrons. The third-order valence-electron chi connectivity index (χ3n) is 7.07. The molecule has 35 heavy (non-hydrogen) atoms. The monoisotopic (exact) mass is 467 g/mol. The molecule has 2 N–H and O–H groups in total. The molecule has 5 rings (SSSR count). The van der Waals surface area contributed by atoms with Crippen molar-refractivity contribution in [2.75, 3.05) is 19.7 Å². The lowest BCUT2D eigenvalue weighted by molar-refractivity contribution is 0.0374. The highest BCUT2D eigenvalue weighted by molar-refractivity contribution is 5.49. The van der Waals surface area contributed by atoms with Crippen LogP contribution in [0.1, 0.15) is 29.2 Å². The van der Waals surface area contributed by atoms with Crippen molar-refractivity contribution in [3.8, 4) is 0 Å². The van der Waals surface area contributed by atoms with Crippen LogP contribution in [0.3, 0.4) is 0 Å². The molecular weight excluding hydrogens is 438 g/mol. The van der Waals surface area contributed by atoms with Gasteiger partial charge >= 0.3 is 5.69 Å². The fourth-order valence-electron chi connectivity index (χ4n) is 5.58. The van der Waals surface area contributed by atoms with Crippen molar-refractivity contribution in [1.82, 2.24) is 14.5 Å². The Morgan fingerprint density at radius 2 is 1.29 bits per heavy atom. The number of nitrogens with zero attached hydrogens (tertiary/aromatic N) is 2. The number of nitrogens with one attached hydrogen (secondary N) is 1. The summed E-state index contributed by atoms with van der Waals surface area (Å²) in [5.41, 5.74) is 1.87. The maximum atomic E-state index is 12.7. The van der Waals surface area contributed by atoms with Gasteiger partial charge in [0.15, 0.2) is 0 Å². The second-order valence-electron chi connectivity index (χ2n) is 9.17. The minimum atomic E-state index is -0.637. The zero-order chi connectivity index (χ0) is 24.3. The van der Waals surface area contributed by atoms with Crippen molar-refractivity contribution < 1.29 is 5.11 Å². The zero-order valence-corrected chi connectivity index (χ0v) is 19.5. The summed E-state index contributed by atoms with van der Waals surface area (Å²) >= 11 is 0. The Balaban J connectivity index is 1.74. The lowest BCUT2D eigenvalue weighted by Crippen LogP contribution is -2.55. The van der Waals surface area contributed by atoms with E-state index < -0.39 is 16.8 Å². The van der Waals surface area contributed by atoms with Gasteiger partial charge in [-0.25, -0.2) is 4.79 Å². The molecule has 1 aliphatic rings. The summed E-state index contributed by atoms with van der Waals surface area (Å²) in [6.07, 6.45) is 2.21. The molecule has 0 unspecified atom stereocenters. The lowest BCUT2D eigenvalue weighted by atomic mass is 9.73. The Labute approximate surface area is 204 Å². The van der Waals surface area contributed by atoms with E-state index in [-0.39, 0.29) is 18.6 Å². The van der Waals surface area contributed by atoms with Crippen molar-refractivity contribution in [1.29, 1.82) is 0 Å². The van der Waals surface area contributed by atoms with Crippen LogP contribution >= 0.6 is 0 Å². The first kappa shape index (κ1) is 23.0. The van der Waals surface area contributed by atoms with Crippen LogP contribution in [0.4, 0.5) is 0 Å². The van der Waals surface area contributed by atoms with Gasteiger partial charge in [-0.2, -0.15) is 0 Å². The molecule has 1 aromatic heterocycles. The molecule has 3 aromatic carbocycles. The van der Waals surface area contributed by atoms with E-state index in [1.807, 2.05) is 54.6 Å². The van der Waals surface area contributed by atoms with Gasteiger partial charge in [0.25, 0.3) is 5.56 Å². The summed E-state index contributed by atoms with van der Waals surface area (Å²) in [5, 5.41) is 10.3. The number of benzene rings is 3. The maximum Gasteiger partial charge on any atom is 0.328 e. The molecule has 0 spiro atoms. The SMILES string of the molecule is O=c1ccn([C@@H]2C[C@@H](CO)CN(C(c3ccccc3)(c3ccccc3)c3ccccc3)C2)c(=O)[nH]1. The van der Waals surface area contributed by atoms with Crippen LogP contribution in [0.5, 0.6) is 0 Å². The summed E-state index contributed by atoms with van der Waals surface area (Å²) in [4.78, 5) is 29.2. The first-order valence-corrected chi connectivity index (χ1v) is 12.0. The van der Waals surface area contributed by atoms with Crippen LogP contribution in [0.2, 0.25) is 0 Å². The molecule has 2 atom stereocenters. The molecule has 6 nitrogen and oxygen atoms in total. The number of hydrogen-bond acceptors (Lipinski definition) is 4. The van der Waals surface area contributed by atoms with Crippen LogP contribution in [0.15, 0.2) is 113 Å². The van der Waals surface area contributed by atoms with Crippen molar-refractivity contribution in [3.63, 3.8) is 0 Å². The van der Waals surface area contributed by atoms with Crippen molar-refractivity contribution >= 4 is 0 Å². The fourth-order valence-corrected chi connectivity index (χ4v) is 5.58. The highest BCUT2D eigenvalue weighted by Gasteiger charge is 2.45. The van der Waals surface area contributed by atoms with E-state index in [0.717, 1.165) is 16.7 Å². The number of hydrogen-bond donors (Lipinski definition) is 2. The highest BCUT2D eigenvalue weighted by atomic mass is 16.3. The van der Waals surface area contributed by atoms with Gasteiger partial charge < -0.3 is 5.11 Å². The number of aliphatic hydroxyl groups is 1. The Bertz CT molecular complexity index is 1270. The molecule has 0 amide bonds. The zero-order valence-electron chi connectivity index (χ0n) is 19.5. The smallest absolute Gasteiger partial charge is 0.328 e. The highest BCUT2D eigenvalue weighted by Crippen LogP contribution is 2.45. The summed E-state index contributed by atoms with van der Waals surface area (Å²) in [6.45, 7) is 1.24. The van der Waals surface area contributed by atoms with Crippen LogP contribution < -0.4 is 11.2 Å². The minimum absolute atomic E-state index is 0.0134. The van der Waals surface area contributed by atoms with E-state index in [0.29, 0.717) is 19.5 Å². The largest absolute Gasteiger partial charge is 0.396 e. The van der Waals surface area contributed by atoms with E-state index in [9.17, 15) is 14.7 Å². The van der Waals surface area contributed by atoms with Gasteiger partial charge in [0, 0.05) is 32.0 Å². The summed E-state index contributed by atoms with van der Waals surface area (Å²) < 4.78 is 1.60. The minimum Gasteiger partial charge on any atom is -0.396 e. The predicted octanol–water partition coefficient (Wildman–Crippen LogP) is 3.38. The summed E-state index contributed by atoms with van der Waals surface area (Å²) in [7, 11) is 0. The van der Waals surface area contributed by atoms with E-state index >= 15 is 0 Å². The van der Waals surface area contributed by atoms with Crippen LogP contribution in [-0.4, -0.2) is 39.3 Å². The van der Waals surface area contributed by atoms with Gasteiger partial charge in [-0.15, -0.1) is 0 Å². The van der Waals surface area contributed by atoms with Gasteiger partial charge in [-0.3, -0.25) is 19.2 Å². The van der Waals surface area contributed by atoms with Crippen LogP contribution in [0.25, 0.3) is 0 Å². The molecule has 0 aliphatic carbocycles. The molecule has 0 bridgehead atoms. The molecule has 4 aromatic rings. The second kappa shape index (κ2) is 9.86. The Morgan fingerprint density at radius 1 is 0.771 bits per heavy atom. The Kier molecular flexibility index (Phi) is 6.49. The fraction of sp³-hybridized carbons (Fsp3) is 0.241. The Hall–Kier alpha value is -3.74. The topological polar surface area (TPSA) is 78.3 Å². The third kappa shape index (κ3) is 4.27. The number of likely N-dealkylation sites (tertiary alicyclic amines) is 1. The second-order valence-corrected chi connectivity index (χ2v) is 9.17. The van der Waals surface area contributed by atoms with E-state index in [1.165, 1.54) is 6.07 Å². The molecule has 1 saturated heterocycles. The van der Waals surface area contributed by atoms with Crippen molar-refractivity contribution in [3.05, 3.63) is 141 Å². The van der Waals surface area contributed by atoms with E-state index in [1.54, 1.807) is 10.8 Å². The number of aromatic nitrogens is 2. The molecule has 2 heterocycles. The van der Waals surface area contributed by atoms with Gasteiger partial charge in [0.05, 0.1) is 11.6 Å². The standard InChI is InChI=1S/C29H29N3O3/c33-21-22-18-26(32-17-16-27(34)30-28(32)35)20-31(19-22)29(23-10-4-1-5-11-23,24-12-6-2-7-13-24)25-14-8-3-9-15-25/h1-17,22,26,33H,18-21H2,(H,30,34,35)/t22-,26-/m1/s1. The van der Waals surface area contributed by atoms with Gasteiger partial charge in [0.1, 0.15) is 0 Å². The van der Waals surface area contributed by atoms with E-state index in [4.69, 9.17) is 0 Å². The normalized spacial score (nSPS) is 18.9. The number of aliphatic hydroxyl groups excluding tert-OH is 1. The molecule has 1 aliphatic heterocycles. The maximum absolute atomic E-state index is 12.7. The van der Waals surface area contributed by atoms with E-state index in [2.05, 4.69) is 46.3 Å². The summed E-state index contributed by atoms with van der Waals surface area (Å²) in [6, 6.07) is 32.4. The quantitative estimate of drug-likeness (QED) is 0.426. The number of rotatable bonds is 6. The molecule has 6 heteroatoms. The van der Waals surface area contributed by atoms with Crippen LogP contribution in [-0.2, 0) is 5.54 Å². The molecule has 178 valence electrons. The first-order valence-electron chi connectivity index (χ1n) is 12.0.